The second-order valence-corrected chi connectivity index (χ2v) is 5.21. The van der Waals surface area contributed by atoms with Gasteiger partial charge in [-0.25, -0.2) is 0 Å². The van der Waals surface area contributed by atoms with Crippen molar-refractivity contribution in [3.05, 3.63) is 65.7 Å². The van der Waals surface area contributed by atoms with Crippen LogP contribution < -0.4 is 10.5 Å². The van der Waals surface area contributed by atoms with Crippen LogP contribution in [0.25, 0.3) is 0 Å². The molecular weight excluding hydrogens is 276 g/mol. The first kappa shape index (κ1) is 16.0. The molecule has 0 aliphatic rings. The van der Waals surface area contributed by atoms with Crippen molar-refractivity contribution in [2.24, 2.45) is 5.73 Å². The van der Waals surface area contributed by atoms with Crippen LogP contribution >= 0.6 is 0 Å². The molecule has 2 aromatic rings. The maximum Gasteiger partial charge on any atom is 0.243 e. The van der Waals surface area contributed by atoms with Crippen molar-refractivity contribution >= 4 is 5.91 Å². The van der Waals surface area contributed by atoms with E-state index in [0.717, 1.165) is 23.3 Å². The number of benzene rings is 2. The van der Waals surface area contributed by atoms with Crippen LogP contribution in [0.2, 0.25) is 0 Å². The molecule has 0 saturated carbocycles. The molecule has 116 valence electrons. The monoisotopic (exact) mass is 298 g/mol. The minimum absolute atomic E-state index is 0.0823. The fraction of sp³-hybridized carbons (Fsp3) is 0.278. The van der Waals surface area contributed by atoms with E-state index in [1.807, 2.05) is 54.6 Å². The van der Waals surface area contributed by atoms with Crippen LogP contribution in [0.3, 0.4) is 0 Å². The average molecular weight is 298 g/mol. The lowest BCUT2D eigenvalue weighted by Gasteiger charge is -2.22. The van der Waals surface area contributed by atoms with Gasteiger partial charge in [0.1, 0.15) is 11.8 Å². The summed E-state index contributed by atoms with van der Waals surface area (Å²) in [5.74, 6) is 0.761. The van der Waals surface area contributed by atoms with Gasteiger partial charge in [-0.05, 0) is 23.6 Å². The molecule has 4 heteroatoms. The number of carbonyl (C=O) groups excluding carboxylic acids is 1. The van der Waals surface area contributed by atoms with E-state index in [1.165, 1.54) is 0 Å². The Morgan fingerprint density at radius 2 is 1.77 bits per heavy atom. The van der Waals surface area contributed by atoms with Crippen LogP contribution in [0, 0.1) is 0 Å². The number of ether oxygens (including phenoxy) is 1. The highest BCUT2D eigenvalue weighted by Crippen LogP contribution is 2.18. The maximum atomic E-state index is 12.4. The van der Waals surface area contributed by atoms with E-state index in [9.17, 15) is 4.79 Å². The van der Waals surface area contributed by atoms with Crippen molar-refractivity contribution in [1.29, 1.82) is 0 Å². The SMILES string of the molecule is COc1ccccc1CCN(C)C(=O)C(N)c1ccccc1. The van der Waals surface area contributed by atoms with E-state index in [2.05, 4.69) is 0 Å². The number of rotatable bonds is 6. The summed E-state index contributed by atoms with van der Waals surface area (Å²) in [6, 6.07) is 16.6. The lowest BCUT2D eigenvalue weighted by Crippen LogP contribution is -2.37. The van der Waals surface area contributed by atoms with E-state index in [1.54, 1.807) is 19.1 Å². The molecule has 2 N–H and O–H groups in total. The quantitative estimate of drug-likeness (QED) is 0.891. The van der Waals surface area contributed by atoms with Gasteiger partial charge >= 0.3 is 0 Å². The minimum atomic E-state index is -0.621. The predicted molar refractivity (Wildman–Crippen MR) is 87.7 cm³/mol. The number of para-hydroxylation sites is 1. The van der Waals surface area contributed by atoms with Crippen molar-refractivity contribution in [3.63, 3.8) is 0 Å². The zero-order valence-electron chi connectivity index (χ0n) is 13.0. The van der Waals surface area contributed by atoms with Crippen LogP contribution in [-0.4, -0.2) is 31.5 Å². The molecule has 0 aromatic heterocycles. The normalized spacial score (nSPS) is 11.8. The Balaban J connectivity index is 1.97. The van der Waals surface area contributed by atoms with Crippen molar-refractivity contribution < 1.29 is 9.53 Å². The Morgan fingerprint density at radius 3 is 2.45 bits per heavy atom. The largest absolute Gasteiger partial charge is 0.496 e. The highest BCUT2D eigenvalue weighted by Gasteiger charge is 2.19. The molecule has 22 heavy (non-hydrogen) atoms. The first-order valence-corrected chi connectivity index (χ1v) is 7.31. The molecular formula is C18H22N2O2. The summed E-state index contributed by atoms with van der Waals surface area (Å²) >= 11 is 0. The fourth-order valence-electron chi connectivity index (χ4n) is 2.35. The predicted octanol–water partition coefficient (Wildman–Crippen LogP) is 2.40. The molecule has 2 rings (SSSR count). The molecule has 0 radical (unpaired) electrons. The van der Waals surface area contributed by atoms with Crippen molar-refractivity contribution in [1.82, 2.24) is 4.90 Å². The topological polar surface area (TPSA) is 55.6 Å². The van der Waals surface area contributed by atoms with Gasteiger partial charge in [0.25, 0.3) is 0 Å². The number of hydrogen-bond acceptors (Lipinski definition) is 3. The first-order chi connectivity index (χ1) is 10.6. The van der Waals surface area contributed by atoms with Gasteiger partial charge in [-0.1, -0.05) is 48.5 Å². The highest BCUT2D eigenvalue weighted by molar-refractivity contribution is 5.82. The molecule has 4 nitrogen and oxygen atoms in total. The number of nitrogens with two attached hydrogens (primary N) is 1. The molecule has 0 aliphatic carbocycles. The maximum absolute atomic E-state index is 12.4. The van der Waals surface area contributed by atoms with Crippen molar-refractivity contribution in [3.8, 4) is 5.75 Å². The Bertz CT molecular complexity index is 613. The Hall–Kier alpha value is -2.33. The van der Waals surface area contributed by atoms with Crippen LogP contribution in [0.15, 0.2) is 54.6 Å². The summed E-state index contributed by atoms with van der Waals surface area (Å²) in [6.07, 6.45) is 0.730. The first-order valence-electron chi connectivity index (χ1n) is 7.31. The van der Waals surface area contributed by atoms with Crippen molar-refractivity contribution in [2.75, 3.05) is 20.7 Å². The smallest absolute Gasteiger partial charge is 0.243 e. The Kier molecular flexibility index (Phi) is 5.55. The molecule has 0 spiro atoms. The van der Waals surface area contributed by atoms with Gasteiger partial charge in [0.05, 0.1) is 7.11 Å². The lowest BCUT2D eigenvalue weighted by molar-refractivity contribution is -0.131. The zero-order valence-corrected chi connectivity index (χ0v) is 13.0. The summed E-state index contributed by atoms with van der Waals surface area (Å²) < 4.78 is 5.33. The molecule has 2 aromatic carbocycles. The highest BCUT2D eigenvalue weighted by atomic mass is 16.5. The molecule has 1 atom stereocenters. The van der Waals surface area contributed by atoms with E-state index >= 15 is 0 Å². The van der Waals surface area contributed by atoms with Crippen LogP contribution in [-0.2, 0) is 11.2 Å². The summed E-state index contributed by atoms with van der Waals surface area (Å²) in [7, 11) is 3.43. The molecule has 0 heterocycles. The van der Waals surface area contributed by atoms with Crippen molar-refractivity contribution in [2.45, 2.75) is 12.5 Å². The van der Waals surface area contributed by atoms with Gasteiger partial charge < -0.3 is 15.4 Å². The van der Waals surface area contributed by atoms with E-state index in [4.69, 9.17) is 10.5 Å². The van der Waals surface area contributed by atoms with E-state index < -0.39 is 6.04 Å². The summed E-state index contributed by atoms with van der Waals surface area (Å²) in [4.78, 5) is 14.1. The third-order valence-corrected chi connectivity index (χ3v) is 3.71. The fourth-order valence-corrected chi connectivity index (χ4v) is 2.35. The Morgan fingerprint density at radius 1 is 1.14 bits per heavy atom. The number of likely N-dealkylation sites (N-methyl/N-ethyl adjacent to an activating group) is 1. The average Bonchev–Trinajstić information content (AvgIpc) is 2.59. The lowest BCUT2D eigenvalue weighted by atomic mass is 10.1. The standard InChI is InChI=1S/C18H22N2O2/c1-20(13-12-14-8-6-7-11-16(14)22-2)18(21)17(19)15-9-4-3-5-10-15/h3-11,17H,12-13,19H2,1-2H3. The van der Waals surface area contributed by atoms with E-state index in [0.29, 0.717) is 6.54 Å². The van der Waals surface area contributed by atoms with Gasteiger partial charge in [-0.2, -0.15) is 0 Å². The Labute approximate surface area is 131 Å². The van der Waals surface area contributed by atoms with Gasteiger partial charge in [0.2, 0.25) is 5.91 Å². The van der Waals surface area contributed by atoms with Crippen LogP contribution in [0.1, 0.15) is 17.2 Å². The summed E-state index contributed by atoms with van der Waals surface area (Å²) in [6.45, 7) is 0.597. The third kappa shape index (κ3) is 3.86. The van der Waals surface area contributed by atoms with Gasteiger partial charge in [0, 0.05) is 13.6 Å². The van der Waals surface area contributed by atoms with Gasteiger partial charge in [-0.15, -0.1) is 0 Å². The van der Waals surface area contributed by atoms with Crippen LogP contribution in [0.4, 0.5) is 0 Å². The second kappa shape index (κ2) is 7.61. The number of amides is 1. The molecule has 0 saturated heterocycles. The molecule has 0 bridgehead atoms. The molecule has 0 aliphatic heterocycles. The second-order valence-electron chi connectivity index (χ2n) is 5.21. The zero-order chi connectivity index (χ0) is 15.9. The van der Waals surface area contributed by atoms with Gasteiger partial charge in [0.15, 0.2) is 0 Å². The number of hydrogen-bond donors (Lipinski definition) is 1. The van der Waals surface area contributed by atoms with Crippen LogP contribution in [0.5, 0.6) is 5.75 Å². The molecule has 1 unspecified atom stereocenters. The third-order valence-electron chi connectivity index (χ3n) is 3.71. The summed E-state index contributed by atoms with van der Waals surface area (Å²) in [5, 5.41) is 0. The number of carbonyl (C=O) groups is 1. The van der Waals surface area contributed by atoms with E-state index in [-0.39, 0.29) is 5.91 Å². The molecule has 0 fully saturated rings. The van der Waals surface area contributed by atoms with Gasteiger partial charge in [-0.3, -0.25) is 4.79 Å². The number of nitrogens with zero attached hydrogens (tertiary/aromatic N) is 1. The summed E-state index contributed by atoms with van der Waals surface area (Å²) in [5.41, 5.74) is 7.96. The minimum Gasteiger partial charge on any atom is -0.496 e. The molecule has 1 amide bonds. The number of methoxy groups -OCH3 is 1.